The number of carbonyl (C=O) groups excluding carboxylic acids is 1. The van der Waals surface area contributed by atoms with Crippen molar-refractivity contribution in [3.63, 3.8) is 0 Å². The summed E-state index contributed by atoms with van der Waals surface area (Å²) in [6.45, 7) is 8.85. The first kappa shape index (κ1) is 20.5. The zero-order valence-electron chi connectivity index (χ0n) is 16.8. The highest BCUT2D eigenvalue weighted by molar-refractivity contribution is 6.69. The maximum Gasteiger partial charge on any atom is 0.308 e. The van der Waals surface area contributed by atoms with Gasteiger partial charge in [-0.05, 0) is 26.6 Å². The van der Waals surface area contributed by atoms with E-state index < -0.39 is 26.3 Å². The Hall–Kier alpha value is -1.25. The summed E-state index contributed by atoms with van der Waals surface area (Å²) in [5, 5.41) is 0. The fraction of sp³-hybridized carbons (Fsp3) is 0.650. The van der Waals surface area contributed by atoms with Crippen LogP contribution < -0.4 is 0 Å². The van der Waals surface area contributed by atoms with Gasteiger partial charge in [0.25, 0.3) is 0 Å². The van der Waals surface area contributed by atoms with Gasteiger partial charge in [-0.1, -0.05) is 30.3 Å². The Morgan fingerprint density at radius 1 is 1.19 bits per heavy atom. The second-order valence-electron chi connectivity index (χ2n) is 8.43. The molecule has 2 saturated heterocycles. The number of benzene rings is 1. The van der Waals surface area contributed by atoms with Crippen LogP contribution in [0.1, 0.15) is 31.6 Å². The molecule has 0 unspecified atom stereocenters. The standard InChI is InChI=1S/C20H30O6Si/c1-20(26-27(3,4)5)12-15-16(24-17(20)11-18(21)22-2)13-23-19(25-15)14-9-7-6-8-10-14/h6-10,15-17,19H,11-13H2,1-5H3/t15-,16+,17-,19+,20+/m0/s1. The number of esters is 1. The van der Waals surface area contributed by atoms with E-state index in [9.17, 15) is 4.79 Å². The van der Waals surface area contributed by atoms with Crippen LogP contribution >= 0.6 is 0 Å². The first-order valence-electron chi connectivity index (χ1n) is 9.45. The van der Waals surface area contributed by atoms with Crippen molar-refractivity contribution in [1.29, 1.82) is 0 Å². The van der Waals surface area contributed by atoms with Crippen molar-refractivity contribution in [1.82, 2.24) is 0 Å². The highest BCUT2D eigenvalue weighted by atomic mass is 28.4. The maximum absolute atomic E-state index is 11.9. The van der Waals surface area contributed by atoms with E-state index in [1.807, 2.05) is 37.3 Å². The third-order valence-electron chi connectivity index (χ3n) is 4.94. The van der Waals surface area contributed by atoms with Crippen molar-refractivity contribution in [2.45, 2.75) is 69.6 Å². The van der Waals surface area contributed by atoms with Gasteiger partial charge in [-0.15, -0.1) is 0 Å². The monoisotopic (exact) mass is 394 g/mol. The minimum atomic E-state index is -1.88. The van der Waals surface area contributed by atoms with E-state index in [2.05, 4.69) is 19.6 Å². The number of carbonyl (C=O) groups is 1. The van der Waals surface area contributed by atoms with Crippen molar-refractivity contribution in [3.8, 4) is 0 Å². The predicted molar refractivity (Wildman–Crippen MR) is 103 cm³/mol. The summed E-state index contributed by atoms with van der Waals surface area (Å²) < 4.78 is 29.7. The molecule has 5 atom stereocenters. The zero-order chi connectivity index (χ0) is 19.7. The SMILES string of the molecule is COC(=O)C[C@@H]1O[C@@H]2CO[C@@H](c3ccccc3)O[C@H]2C[C@@]1(C)O[Si](C)(C)C. The van der Waals surface area contributed by atoms with Crippen molar-refractivity contribution in [3.05, 3.63) is 35.9 Å². The molecule has 2 heterocycles. The van der Waals surface area contributed by atoms with E-state index in [1.165, 1.54) is 7.11 Å². The molecule has 27 heavy (non-hydrogen) atoms. The number of hydrogen-bond acceptors (Lipinski definition) is 6. The normalized spacial score (nSPS) is 34.0. The van der Waals surface area contributed by atoms with Crippen LogP contribution in [0.3, 0.4) is 0 Å². The topological polar surface area (TPSA) is 63.2 Å². The van der Waals surface area contributed by atoms with Gasteiger partial charge < -0.3 is 23.4 Å². The average Bonchev–Trinajstić information content (AvgIpc) is 2.61. The van der Waals surface area contributed by atoms with Crippen LogP contribution in [0.5, 0.6) is 0 Å². The van der Waals surface area contributed by atoms with Gasteiger partial charge in [0.2, 0.25) is 0 Å². The minimum absolute atomic E-state index is 0.154. The number of ether oxygens (including phenoxy) is 4. The van der Waals surface area contributed by atoms with Gasteiger partial charge in [-0.3, -0.25) is 4.79 Å². The Morgan fingerprint density at radius 2 is 1.89 bits per heavy atom. The fourth-order valence-electron chi connectivity index (χ4n) is 3.86. The summed E-state index contributed by atoms with van der Waals surface area (Å²) in [4.78, 5) is 11.9. The van der Waals surface area contributed by atoms with Crippen LogP contribution in [-0.2, 0) is 28.2 Å². The molecule has 0 radical (unpaired) electrons. The molecule has 1 aromatic rings. The Kier molecular flexibility index (Phi) is 6.07. The summed E-state index contributed by atoms with van der Waals surface area (Å²) in [6, 6.07) is 9.89. The van der Waals surface area contributed by atoms with Gasteiger partial charge in [-0.25, -0.2) is 0 Å². The van der Waals surface area contributed by atoms with Gasteiger partial charge >= 0.3 is 5.97 Å². The summed E-state index contributed by atoms with van der Waals surface area (Å²) in [6.07, 6.45) is -0.376. The molecular weight excluding hydrogens is 364 g/mol. The molecule has 0 spiro atoms. The quantitative estimate of drug-likeness (QED) is 0.563. The van der Waals surface area contributed by atoms with Crippen molar-refractivity contribution >= 4 is 14.3 Å². The molecule has 0 amide bonds. The number of methoxy groups -OCH3 is 1. The Labute approximate surface area is 162 Å². The first-order chi connectivity index (χ1) is 12.7. The molecule has 150 valence electrons. The minimum Gasteiger partial charge on any atom is -0.469 e. The lowest BCUT2D eigenvalue weighted by molar-refractivity contribution is -0.313. The van der Waals surface area contributed by atoms with Gasteiger partial charge in [0, 0.05) is 12.0 Å². The lowest BCUT2D eigenvalue weighted by Crippen LogP contribution is -2.61. The highest BCUT2D eigenvalue weighted by Gasteiger charge is 2.51. The van der Waals surface area contributed by atoms with Crippen LogP contribution in [0.25, 0.3) is 0 Å². The first-order valence-corrected chi connectivity index (χ1v) is 12.9. The van der Waals surface area contributed by atoms with Crippen LogP contribution in [0, 0.1) is 0 Å². The van der Waals surface area contributed by atoms with Crippen LogP contribution in [0.15, 0.2) is 30.3 Å². The second kappa shape index (κ2) is 8.01. The van der Waals surface area contributed by atoms with E-state index in [0.29, 0.717) is 13.0 Å². The number of fused-ring (bicyclic) bond motifs is 1. The summed E-state index contributed by atoms with van der Waals surface area (Å²) in [5.41, 5.74) is 0.374. The molecule has 2 aliphatic rings. The largest absolute Gasteiger partial charge is 0.469 e. The molecule has 0 aromatic heterocycles. The van der Waals surface area contributed by atoms with Crippen molar-refractivity contribution in [2.24, 2.45) is 0 Å². The number of hydrogen-bond donors (Lipinski definition) is 0. The summed E-state index contributed by atoms with van der Waals surface area (Å²) >= 11 is 0. The molecule has 2 fully saturated rings. The second-order valence-corrected chi connectivity index (χ2v) is 12.9. The predicted octanol–water partition coefficient (Wildman–Crippen LogP) is 3.43. The molecule has 2 aliphatic heterocycles. The molecule has 3 rings (SSSR count). The lowest BCUT2D eigenvalue weighted by Gasteiger charge is -2.51. The van der Waals surface area contributed by atoms with Crippen molar-refractivity contribution < 1.29 is 28.2 Å². The maximum atomic E-state index is 11.9. The lowest BCUT2D eigenvalue weighted by atomic mass is 9.85. The molecule has 6 nitrogen and oxygen atoms in total. The Balaban J connectivity index is 1.78. The van der Waals surface area contributed by atoms with E-state index in [0.717, 1.165) is 5.56 Å². The molecule has 0 saturated carbocycles. The van der Waals surface area contributed by atoms with E-state index in [4.69, 9.17) is 23.4 Å². The number of rotatable bonds is 5. The smallest absolute Gasteiger partial charge is 0.308 e. The van der Waals surface area contributed by atoms with Gasteiger partial charge in [0.15, 0.2) is 14.6 Å². The average molecular weight is 395 g/mol. The van der Waals surface area contributed by atoms with E-state index in [-0.39, 0.29) is 24.6 Å². The molecule has 7 heteroatoms. The molecule has 1 aromatic carbocycles. The van der Waals surface area contributed by atoms with Gasteiger partial charge in [-0.2, -0.15) is 0 Å². The van der Waals surface area contributed by atoms with Gasteiger partial charge in [0.05, 0.1) is 37.9 Å². The zero-order valence-corrected chi connectivity index (χ0v) is 17.8. The molecule has 0 N–H and O–H groups in total. The van der Waals surface area contributed by atoms with E-state index in [1.54, 1.807) is 0 Å². The van der Waals surface area contributed by atoms with E-state index >= 15 is 0 Å². The van der Waals surface area contributed by atoms with Crippen molar-refractivity contribution in [2.75, 3.05) is 13.7 Å². The molecular formula is C20H30O6Si. The van der Waals surface area contributed by atoms with Gasteiger partial charge in [0.1, 0.15) is 6.10 Å². The highest BCUT2D eigenvalue weighted by Crippen LogP contribution is 2.41. The third-order valence-corrected chi connectivity index (χ3v) is 6.02. The van der Waals surface area contributed by atoms with Crippen LogP contribution in [0.4, 0.5) is 0 Å². The summed E-state index contributed by atoms with van der Waals surface area (Å²) in [7, 11) is -0.486. The van der Waals surface area contributed by atoms with Crippen LogP contribution in [-0.4, -0.2) is 51.9 Å². The Morgan fingerprint density at radius 3 is 2.52 bits per heavy atom. The van der Waals surface area contributed by atoms with Crippen LogP contribution in [0.2, 0.25) is 19.6 Å². The molecule has 0 aliphatic carbocycles. The fourth-order valence-corrected chi connectivity index (χ4v) is 5.47. The summed E-state index contributed by atoms with van der Waals surface area (Å²) in [5.74, 6) is -0.302. The molecule has 0 bridgehead atoms. The third kappa shape index (κ3) is 4.97. The Bertz CT molecular complexity index is 646.